The monoisotopic (exact) mass is 675 g/mol. The van der Waals surface area contributed by atoms with Crippen LogP contribution in [0.5, 0.6) is 0 Å². The summed E-state index contributed by atoms with van der Waals surface area (Å²) in [5.74, 6) is 0.718. The van der Waals surface area contributed by atoms with Crippen LogP contribution < -0.4 is 5.32 Å². The maximum atomic E-state index is 15.4. The molecule has 2 amide bonds. The Kier molecular flexibility index (Phi) is 12.8. The third kappa shape index (κ3) is 10.6. The number of hydrogen-bond acceptors (Lipinski definition) is 6. The van der Waals surface area contributed by atoms with Crippen LogP contribution >= 0.6 is 23.5 Å². The van der Waals surface area contributed by atoms with Gasteiger partial charge in [-0.3, -0.25) is 4.79 Å². The number of ether oxygens (including phenoxy) is 2. The van der Waals surface area contributed by atoms with Crippen molar-refractivity contribution in [2.75, 3.05) is 37.3 Å². The number of nitrogens with zero attached hydrogens (tertiary/aromatic N) is 2. The minimum atomic E-state index is -0.575. The Balaban J connectivity index is 1.48. The van der Waals surface area contributed by atoms with Crippen LogP contribution in [0.15, 0.2) is 42.5 Å². The van der Waals surface area contributed by atoms with Crippen LogP contribution in [0.1, 0.15) is 90.7 Å². The molecule has 2 aromatic rings. The van der Waals surface area contributed by atoms with Crippen LogP contribution in [0.4, 0.5) is 14.9 Å². The summed E-state index contributed by atoms with van der Waals surface area (Å²) in [6.45, 7) is 14.4. The lowest BCUT2D eigenvalue weighted by Crippen LogP contribution is -2.53. The Labute approximate surface area is 284 Å². The van der Waals surface area contributed by atoms with Crippen molar-refractivity contribution in [3.63, 3.8) is 0 Å². The van der Waals surface area contributed by atoms with Gasteiger partial charge in [0.05, 0.1) is 5.60 Å². The van der Waals surface area contributed by atoms with Crippen molar-refractivity contribution < 1.29 is 23.5 Å². The molecule has 10 heteroatoms. The third-order valence-corrected chi connectivity index (χ3v) is 10.3. The Morgan fingerprint density at radius 1 is 1.17 bits per heavy atom. The zero-order valence-electron chi connectivity index (χ0n) is 28.2. The van der Waals surface area contributed by atoms with Crippen molar-refractivity contribution in [3.8, 4) is 0 Å². The second-order valence-electron chi connectivity index (χ2n) is 14.1. The summed E-state index contributed by atoms with van der Waals surface area (Å²) in [5, 5.41) is 3.72. The Morgan fingerprint density at radius 3 is 2.59 bits per heavy atom. The van der Waals surface area contributed by atoms with Crippen LogP contribution in [0, 0.1) is 11.7 Å². The van der Waals surface area contributed by atoms with Gasteiger partial charge in [-0.2, -0.15) is 0 Å². The van der Waals surface area contributed by atoms with Crippen LogP contribution in [0.2, 0.25) is 5.02 Å². The molecule has 2 aromatic carbocycles. The molecule has 0 spiro atoms. The topological polar surface area (TPSA) is 71.1 Å². The van der Waals surface area contributed by atoms with Crippen molar-refractivity contribution >= 4 is 41.2 Å². The summed E-state index contributed by atoms with van der Waals surface area (Å²) in [6, 6.07) is 12.6. The highest BCUT2D eigenvalue weighted by Gasteiger charge is 2.36. The molecule has 2 fully saturated rings. The smallest absolute Gasteiger partial charge is 0.410 e. The van der Waals surface area contributed by atoms with Crippen LogP contribution in [-0.4, -0.2) is 70.4 Å². The average Bonchev–Trinajstić information content (AvgIpc) is 2.98. The summed E-state index contributed by atoms with van der Waals surface area (Å²) < 4.78 is 29.4. The molecule has 0 radical (unpaired) electrons. The molecule has 2 heterocycles. The first-order valence-corrected chi connectivity index (χ1v) is 17.9. The van der Waals surface area contributed by atoms with Gasteiger partial charge in [-0.05, 0) is 108 Å². The number of rotatable bonds is 11. The van der Waals surface area contributed by atoms with Crippen molar-refractivity contribution in [2.24, 2.45) is 5.92 Å². The fourth-order valence-corrected chi connectivity index (χ4v) is 7.61. The van der Waals surface area contributed by atoms with E-state index in [0.29, 0.717) is 55.4 Å². The highest BCUT2D eigenvalue weighted by Crippen LogP contribution is 2.40. The second kappa shape index (κ2) is 16.2. The van der Waals surface area contributed by atoms with E-state index in [9.17, 15) is 9.59 Å². The summed E-state index contributed by atoms with van der Waals surface area (Å²) in [7, 11) is 0. The molecule has 0 saturated carbocycles. The van der Waals surface area contributed by atoms with Crippen molar-refractivity contribution in [3.05, 3.63) is 64.4 Å². The van der Waals surface area contributed by atoms with Gasteiger partial charge in [0.1, 0.15) is 11.4 Å². The molecule has 2 aliphatic rings. The number of carbonyl (C=O) groups excluding carboxylic acids is 2. The van der Waals surface area contributed by atoms with Gasteiger partial charge in [0.25, 0.3) is 0 Å². The number of piperazine rings is 1. The van der Waals surface area contributed by atoms with Crippen molar-refractivity contribution in [1.82, 2.24) is 9.21 Å². The molecule has 0 aromatic heterocycles. The standard InChI is InChI=1S/C36H51ClFN3O4S/c1-7-21-46-41-19-18-40(34(43)45-35(2,3)4)24-28(41)15-16-29-31(38)9-8-10-32(29)39-33(42)22-30(25-11-13-27(37)14-12-25)26-17-20-44-36(5,6)23-26/h8-14,26,28,30H,7,15-24H2,1-6H3,(H,39,42)/t26?,28-,30-/m0/s1. The van der Waals surface area contributed by atoms with E-state index in [4.69, 9.17) is 21.1 Å². The van der Waals surface area contributed by atoms with Crippen LogP contribution in [0.25, 0.3) is 0 Å². The maximum Gasteiger partial charge on any atom is 0.410 e. The number of nitrogens with one attached hydrogen (secondary N) is 1. The van der Waals surface area contributed by atoms with Gasteiger partial charge in [-0.15, -0.1) is 0 Å². The summed E-state index contributed by atoms with van der Waals surface area (Å²) in [5.41, 5.74) is 1.22. The largest absolute Gasteiger partial charge is 0.444 e. The Morgan fingerprint density at radius 2 is 1.91 bits per heavy atom. The highest BCUT2D eigenvalue weighted by atomic mass is 35.5. The van der Waals surface area contributed by atoms with Crippen LogP contribution in [0.3, 0.4) is 0 Å². The second-order valence-corrected chi connectivity index (χ2v) is 15.7. The lowest BCUT2D eigenvalue weighted by atomic mass is 9.75. The number of amides is 2. The number of benzene rings is 2. The van der Waals surface area contributed by atoms with Gasteiger partial charge < -0.3 is 19.7 Å². The lowest BCUT2D eigenvalue weighted by molar-refractivity contribution is -0.118. The molecule has 2 saturated heterocycles. The van der Waals surface area contributed by atoms with Gasteiger partial charge >= 0.3 is 6.09 Å². The van der Waals surface area contributed by atoms with E-state index in [1.165, 1.54) is 6.07 Å². The molecule has 254 valence electrons. The SMILES string of the molecule is CCCSN1CCN(C(=O)OC(C)(C)C)C[C@@H]1CCc1c(F)cccc1NC(=O)C[C@@H](c1ccc(Cl)cc1)C1CCOC(C)(C)C1. The average molecular weight is 676 g/mol. The highest BCUT2D eigenvalue weighted by molar-refractivity contribution is 7.97. The molecule has 1 unspecified atom stereocenters. The fraction of sp³-hybridized carbons (Fsp3) is 0.611. The van der Waals surface area contributed by atoms with Gasteiger partial charge in [0.2, 0.25) is 5.91 Å². The molecule has 1 N–H and O–H groups in total. The zero-order valence-corrected chi connectivity index (χ0v) is 29.8. The van der Waals surface area contributed by atoms with Gasteiger partial charge in [0, 0.05) is 60.7 Å². The van der Waals surface area contributed by atoms with E-state index in [2.05, 4.69) is 30.4 Å². The van der Waals surface area contributed by atoms with Crippen molar-refractivity contribution in [2.45, 2.75) is 103 Å². The summed E-state index contributed by atoms with van der Waals surface area (Å²) in [4.78, 5) is 28.3. The fourth-order valence-electron chi connectivity index (χ4n) is 6.48. The van der Waals surface area contributed by atoms with Gasteiger partial charge in [-0.25, -0.2) is 13.5 Å². The lowest BCUT2D eigenvalue weighted by Gasteiger charge is -2.41. The molecule has 7 nitrogen and oxygen atoms in total. The molecule has 46 heavy (non-hydrogen) atoms. The molecule has 4 rings (SSSR count). The number of halogens is 2. The molecule has 2 aliphatic heterocycles. The molecule has 3 atom stereocenters. The van der Waals surface area contributed by atoms with E-state index in [0.717, 1.165) is 30.6 Å². The minimum absolute atomic E-state index is 0.0205. The first kappa shape index (κ1) is 36.5. The van der Waals surface area contributed by atoms with Crippen LogP contribution in [-0.2, 0) is 20.7 Å². The summed E-state index contributed by atoms with van der Waals surface area (Å²) in [6.07, 6.45) is 3.75. The van der Waals surface area contributed by atoms with E-state index in [1.54, 1.807) is 29.0 Å². The van der Waals surface area contributed by atoms with E-state index in [1.807, 2.05) is 45.0 Å². The predicted octanol–water partition coefficient (Wildman–Crippen LogP) is 8.71. The molecular weight excluding hydrogens is 625 g/mol. The number of anilines is 1. The van der Waals surface area contributed by atoms with Gasteiger partial charge in [0.15, 0.2) is 0 Å². The zero-order chi connectivity index (χ0) is 33.5. The van der Waals surface area contributed by atoms with E-state index < -0.39 is 5.60 Å². The molecular formula is C36H51ClFN3O4S. The quantitative estimate of drug-likeness (QED) is 0.240. The van der Waals surface area contributed by atoms with E-state index in [-0.39, 0.29) is 47.7 Å². The Bertz CT molecular complexity index is 1320. The first-order chi connectivity index (χ1) is 21.7. The van der Waals surface area contributed by atoms with E-state index >= 15 is 4.39 Å². The minimum Gasteiger partial charge on any atom is -0.444 e. The Hall–Kier alpha value is -2.33. The first-order valence-electron chi connectivity index (χ1n) is 16.6. The number of hydrogen-bond donors (Lipinski definition) is 1. The normalized spacial score (nSPS) is 21.1. The third-order valence-electron chi connectivity index (χ3n) is 8.67. The molecule has 0 aliphatic carbocycles. The van der Waals surface area contributed by atoms with Gasteiger partial charge in [-0.1, -0.05) is 48.7 Å². The predicted molar refractivity (Wildman–Crippen MR) is 186 cm³/mol. The molecule has 0 bridgehead atoms. The summed E-state index contributed by atoms with van der Waals surface area (Å²) >= 11 is 7.98. The number of carbonyl (C=O) groups is 2. The maximum absolute atomic E-state index is 15.4. The van der Waals surface area contributed by atoms with Crippen molar-refractivity contribution in [1.29, 1.82) is 0 Å².